The second-order valence-electron chi connectivity index (χ2n) is 5.05. The van der Waals surface area contributed by atoms with Gasteiger partial charge in [-0.05, 0) is 43.5 Å². The predicted molar refractivity (Wildman–Crippen MR) is 80.1 cm³/mol. The number of rotatable bonds is 5. The molecule has 0 aliphatic carbocycles. The normalized spacial score (nSPS) is 10.9. The van der Waals surface area contributed by atoms with Gasteiger partial charge < -0.3 is 5.32 Å². The molecule has 0 unspecified atom stereocenters. The molecule has 108 valence electrons. The first-order valence-corrected chi connectivity index (χ1v) is 6.94. The van der Waals surface area contributed by atoms with Gasteiger partial charge in [-0.2, -0.15) is 10.2 Å². The van der Waals surface area contributed by atoms with Crippen molar-refractivity contribution in [3.8, 4) is 0 Å². The van der Waals surface area contributed by atoms with E-state index in [1.807, 2.05) is 25.3 Å². The van der Waals surface area contributed by atoms with E-state index in [1.165, 1.54) is 5.56 Å². The molecule has 21 heavy (non-hydrogen) atoms. The number of aromatic amines is 2. The second kappa shape index (κ2) is 5.78. The molecule has 0 radical (unpaired) electrons. The number of nitrogens with one attached hydrogen (secondary N) is 3. The van der Waals surface area contributed by atoms with E-state index in [1.54, 1.807) is 12.3 Å². The maximum Gasteiger partial charge on any atom is 0.251 e. The van der Waals surface area contributed by atoms with Crippen molar-refractivity contribution in [1.29, 1.82) is 0 Å². The third-order valence-electron chi connectivity index (χ3n) is 3.55. The number of H-pyrrole nitrogens is 2. The van der Waals surface area contributed by atoms with Crippen LogP contribution in [0.3, 0.4) is 0 Å². The van der Waals surface area contributed by atoms with Crippen LogP contribution in [-0.2, 0) is 6.42 Å². The number of nitrogens with zero attached hydrogens (tertiary/aromatic N) is 2. The highest BCUT2D eigenvalue weighted by Crippen LogP contribution is 2.12. The van der Waals surface area contributed by atoms with E-state index in [-0.39, 0.29) is 5.91 Å². The van der Waals surface area contributed by atoms with Gasteiger partial charge in [-0.15, -0.1) is 0 Å². The molecule has 0 bridgehead atoms. The number of carbonyl (C=O) groups is 1. The van der Waals surface area contributed by atoms with Crippen molar-refractivity contribution in [1.82, 2.24) is 25.7 Å². The van der Waals surface area contributed by atoms with Gasteiger partial charge in [0.05, 0.1) is 17.9 Å². The van der Waals surface area contributed by atoms with Crippen LogP contribution in [0.25, 0.3) is 10.9 Å². The summed E-state index contributed by atoms with van der Waals surface area (Å²) >= 11 is 0. The molecule has 6 nitrogen and oxygen atoms in total. The molecule has 6 heteroatoms. The summed E-state index contributed by atoms with van der Waals surface area (Å²) in [6.45, 7) is 2.65. The first-order chi connectivity index (χ1) is 10.2. The Labute approximate surface area is 122 Å². The van der Waals surface area contributed by atoms with Crippen molar-refractivity contribution >= 4 is 16.8 Å². The topological polar surface area (TPSA) is 86.5 Å². The van der Waals surface area contributed by atoms with Gasteiger partial charge >= 0.3 is 0 Å². The van der Waals surface area contributed by atoms with Gasteiger partial charge in [0, 0.05) is 23.2 Å². The fourth-order valence-electron chi connectivity index (χ4n) is 2.29. The maximum absolute atomic E-state index is 12.1. The van der Waals surface area contributed by atoms with Gasteiger partial charge in [-0.1, -0.05) is 0 Å². The van der Waals surface area contributed by atoms with E-state index >= 15 is 0 Å². The Kier molecular flexibility index (Phi) is 3.68. The molecule has 1 amide bonds. The minimum absolute atomic E-state index is 0.0537. The zero-order valence-corrected chi connectivity index (χ0v) is 11.8. The van der Waals surface area contributed by atoms with Gasteiger partial charge in [-0.25, -0.2) is 0 Å². The Morgan fingerprint density at radius 1 is 1.24 bits per heavy atom. The lowest BCUT2D eigenvalue weighted by molar-refractivity contribution is 0.0953. The number of benzene rings is 1. The largest absolute Gasteiger partial charge is 0.352 e. The summed E-state index contributed by atoms with van der Waals surface area (Å²) < 4.78 is 0. The van der Waals surface area contributed by atoms with Crippen LogP contribution in [0.5, 0.6) is 0 Å². The van der Waals surface area contributed by atoms with Gasteiger partial charge in [0.25, 0.3) is 5.91 Å². The number of aromatic nitrogens is 4. The van der Waals surface area contributed by atoms with E-state index in [9.17, 15) is 4.79 Å². The molecule has 0 saturated heterocycles. The summed E-state index contributed by atoms with van der Waals surface area (Å²) in [5.74, 6) is -0.0537. The van der Waals surface area contributed by atoms with E-state index in [0.717, 1.165) is 29.4 Å². The molecule has 3 rings (SSSR count). The Morgan fingerprint density at radius 2 is 2.10 bits per heavy atom. The van der Waals surface area contributed by atoms with Crippen molar-refractivity contribution in [2.75, 3.05) is 6.54 Å². The van der Waals surface area contributed by atoms with Crippen LogP contribution in [0, 0.1) is 6.92 Å². The highest BCUT2D eigenvalue weighted by atomic mass is 16.1. The zero-order chi connectivity index (χ0) is 14.7. The molecule has 3 N–H and O–H groups in total. The van der Waals surface area contributed by atoms with Crippen molar-refractivity contribution < 1.29 is 4.79 Å². The zero-order valence-electron chi connectivity index (χ0n) is 11.8. The summed E-state index contributed by atoms with van der Waals surface area (Å²) in [5, 5.41) is 17.6. The molecule has 3 aromatic rings. The summed E-state index contributed by atoms with van der Waals surface area (Å²) in [6.07, 6.45) is 5.35. The first-order valence-electron chi connectivity index (χ1n) is 6.94. The molecule has 0 aliphatic rings. The molecular weight excluding hydrogens is 266 g/mol. The van der Waals surface area contributed by atoms with E-state index in [2.05, 4.69) is 25.7 Å². The Balaban J connectivity index is 1.53. The van der Waals surface area contributed by atoms with Crippen molar-refractivity contribution in [2.24, 2.45) is 0 Å². The number of hydrogen-bond donors (Lipinski definition) is 3. The van der Waals surface area contributed by atoms with Crippen LogP contribution in [0.1, 0.15) is 28.0 Å². The smallest absolute Gasteiger partial charge is 0.251 e. The first kappa shape index (κ1) is 13.4. The van der Waals surface area contributed by atoms with Crippen LogP contribution in [0.4, 0.5) is 0 Å². The number of carbonyl (C=O) groups excluding carboxylic acids is 1. The fraction of sp³-hybridized carbons (Fsp3) is 0.267. The number of hydrogen-bond acceptors (Lipinski definition) is 3. The predicted octanol–water partition coefficient (Wildman–Crippen LogP) is 1.96. The van der Waals surface area contributed by atoms with Crippen LogP contribution in [0.2, 0.25) is 0 Å². The molecule has 0 fully saturated rings. The summed E-state index contributed by atoms with van der Waals surface area (Å²) in [4.78, 5) is 12.1. The van der Waals surface area contributed by atoms with E-state index < -0.39 is 0 Å². The summed E-state index contributed by atoms with van der Waals surface area (Å²) in [5.41, 5.74) is 3.88. The van der Waals surface area contributed by atoms with Gasteiger partial charge in [0.15, 0.2) is 0 Å². The second-order valence-corrected chi connectivity index (χ2v) is 5.05. The SMILES string of the molecule is Cc1[nH]ncc1CCCNC(=O)c1ccc2[nH]ncc2c1. The Bertz CT molecular complexity index is 758. The molecule has 0 atom stereocenters. The molecular formula is C15H17N5O. The monoisotopic (exact) mass is 283 g/mol. The van der Waals surface area contributed by atoms with E-state index in [0.29, 0.717) is 12.1 Å². The maximum atomic E-state index is 12.1. The molecule has 2 aromatic heterocycles. The molecule has 2 heterocycles. The minimum atomic E-state index is -0.0537. The number of fused-ring (bicyclic) bond motifs is 1. The third kappa shape index (κ3) is 2.94. The molecule has 0 aliphatic heterocycles. The lowest BCUT2D eigenvalue weighted by atomic mass is 10.1. The summed E-state index contributed by atoms with van der Waals surface area (Å²) in [7, 11) is 0. The lowest BCUT2D eigenvalue weighted by Crippen LogP contribution is -2.24. The average molecular weight is 283 g/mol. The highest BCUT2D eigenvalue weighted by Gasteiger charge is 2.07. The Morgan fingerprint density at radius 3 is 2.90 bits per heavy atom. The highest BCUT2D eigenvalue weighted by molar-refractivity contribution is 5.97. The van der Waals surface area contributed by atoms with Crippen molar-refractivity contribution in [3.05, 3.63) is 47.4 Å². The van der Waals surface area contributed by atoms with Crippen LogP contribution >= 0.6 is 0 Å². The van der Waals surface area contributed by atoms with Crippen LogP contribution in [0.15, 0.2) is 30.6 Å². The quantitative estimate of drug-likeness (QED) is 0.626. The number of amides is 1. The molecule has 1 aromatic carbocycles. The summed E-state index contributed by atoms with van der Waals surface area (Å²) in [6, 6.07) is 5.51. The molecule has 0 spiro atoms. The lowest BCUT2D eigenvalue weighted by Gasteiger charge is -2.05. The van der Waals surface area contributed by atoms with Crippen molar-refractivity contribution in [3.63, 3.8) is 0 Å². The third-order valence-corrected chi connectivity index (χ3v) is 3.55. The minimum Gasteiger partial charge on any atom is -0.352 e. The average Bonchev–Trinajstić information content (AvgIpc) is 3.11. The van der Waals surface area contributed by atoms with Crippen LogP contribution in [-0.4, -0.2) is 32.8 Å². The molecule has 0 saturated carbocycles. The standard InChI is InChI=1S/C15H17N5O/c1-10-12(8-17-19-10)3-2-6-16-15(21)11-4-5-14-13(7-11)9-18-20-14/h4-5,7-9H,2-3,6H2,1H3,(H,16,21)(H,17,19)(H,18,20). The van der Waals surface area contributed by atoms with Gasteiger partial charge in [0.1, 0.15) is 0 Å². The van der Waals surface area contributed by atoms with Gasteiger partial charge in [-0.3, -0.25) is 15.0 Å². The number of aryl methyl sites for hydroxylation is 2. The van der Waals surface area contributed by atoms with Crippen LogP contribution < -0.4 is 5.32 Å². The van der Waals surface area contributed by atoms with Gasteiger partial charge in [0.2, 0.25) is 0 Å². The van der Waals surface area contributed by atoms with E-state index in [4.69, 9.17) is 0 Å². The Hall–Kier alpha value is -2.63. The fourth-order valence-corrected chi connectivity index (χ4v) is 2.29. The van der Waals surface area contributed by atoms with Crippen molar-refractivity contribution in [2.45, 2.75) is 19.8 Å².